The molecule has 1 aromatic heterocycles. The SMILES string of the molecule is CC[C@@H](O)[C@@H](O)Cc1c[nH]c2c1N1NC2(O)N=C1N.Cl. The summed E-state index contributed by atoms with van der Waals surface area (Å²) in [5.41, 5.74) is 10.4. The summed E-state index contributed by atoms with van der Waals surface area (Å²) in [4.78, 5) is 6.83. The summed E-state index contributed by atoms with van der Waals surface area (Å²) in [5.74, 6) is -1.38. The molecule has 2 aliphatic rings. The summed E-state index contributed by atoms with van der Waals surface area (Å²) in [6.45, 7) is 1.80. The van der Waals surface area contributed by atoms with Crippen molar-refractivity contribution < 1.29 is 15.3 Å². The molecule has 0 aliphatic carbocycles. The number of halogens is 1. The molecule has 1 aromatic rings. The first-order valence-electron chi connectivity index (χ1n) is 6.18. The zero-order valence-electron chi connectivity index (χ0n) is 10.9. The number of aromatic amines is 1. The number of nitrogens with two attached hydrogens (primary N) is 1. The Bertz CT molecular complexity index is 548. The number of rotatable bonds is 4. The Morgan fingerprint density at radius 2 is 2.15 bits per heavy atom. The third kappa shape index (κ3) is 1.97. The average Bonchev–Trinajstić information content (AvgIpc) is 2.98. The van der Waals surface area contributed by atoms with Crippen LogP contribution in [0.15, 0.2) is 11.2 Å². The molecule has 0 amide bonds. The van der Waals surface area contributed by atoms with E-state index in [4.69, 9.17) is 5.73 Å². The molecular formula is C11H18ClN5O3. The molecule has 2 bridgehead atoms. The predicted molar refractivity (Wildman–Crippen MR) is 75.2 cm³/mol. The predicted octanol–water partition coefficient (Wildman–Crippen LogP) is -1.13. The molecule has 3 rings (SSSR count). The van der Waals surface area contributed by atoms with Gasteiger partial charge < -0.3 is 26.0 Å². The van der Waals surface area contributed by atoms with E-state index in [1.165, 1.54) is 5.01 Å². The van der Waals surface area contributed by atoms with Gasteiger partial charge in [0.25, 0.3) is 5.85 Å². The van der Waals surface area contributed by atoms with Gasteiger partial charge >= 0.3 is 0 Å². The van der Waals surface area contributed by atoms with Gasteiger partial charge in [-0.15, -0.1) is 12.4 Å². The number of hydrogen-bond donors (Lipinski definition) is 6. The number of H-pyrrole nitrogens is 1. The first kappa shape index (κ1) is 15.1. The summed E-state index contributed by atoms with van der Waals surface area (Å²) in [6.07, 6.45) is 0.786. The second kappa shape index (κ2) is 4.90. The smallest absolute Gasteiger partial charge is 0.278 e. The number of guanidine groups is 1. The van der Waals surface area contributed by atoms with Crippen molar-refractivity contribution in [1.29, 1.82) is 0 Å². The van der Waals surface area contributed by atoms with E-state index < -0.39 is 18.1 Å². The minimum Gasteiger partial charge on any atom is -0.390 e. The van der Waals surface area contributed by atoms with Crippen molar-refractivity contribution in [2.75, 3.05) is 5.01 Å². The van der Waals surface area contributed by atoms with Crippen LogP contribution in [0.5, 0.6) is 0 Å². The number of fused-ring (bicyclic) bond motifs is 5. The zero-order valence-corrected chi connectivity index (χ0v) is 11.7. The van der Waals surface area contributed by atoms with Gasteiger partial charge in [-0.05, 0) is 12.0 Å². The molecule has 1 unspecified atom stereocenters. The van der Waals surface area contributed by atoms with E-state index in [1.54, 1.807) is 13.1 Å². The molecule has 20 heavy (non-hydrogen) atoms. The summed E-state index contributed by atoms with van der Waals surface area (Å²) in [7, 11) is 0. The molecule has 0 radical (unpaired) electrons. The van der Waals surface area contributed by atoms with Gasteiger partial charge in [0.05, 0.1) is 17.9 Å². The number of nitrogens with zero attached hydrogens (tertiary/aromatic N) is 2. The van der Waals surface area contributed by atoms with Gasteiger partial charge in [-0.2, -0.15) is 10.4 Å². The van der Waals surface area contributed by atoms with Gasteiger partial charge in [-0.3, -0.25) is 0 Å². The zero-order chi connectivity index (χ0) is 13.8. The van der Waals surface area contributed by atoms with E-state index in [1.807, 2.05) is 0 Å². The maximum Gasteiger partial charge on any atom is 0.278 e. The quantitative estimate of drug-likeness (QED) is 0.417. The molecule has 7 N–H and O–H groups in total. The third-order valence-corrected chi connectivity index (χ3v) is 3.57. The average molecular weight is 304 g/mol. The van der Waals surface area contributed by atoms with Crippen molar-refractivity contribution in [3.05, 3.63) is 17.5 Å². The van der Waals surface area contributed by atoms with E-state index in [2.05, 4.69) is 15.4 Å². The summed E-state index contributed by atoms with van der Waals surface area (Å²) in [5, 5.41) is 31.2. The van der Waals surface area contributed by atoms with Crippen molar-refractivity contribution in [3.63, 3.8) is 0 Å². The van der Waals surface area contributed by atoms with Gasteiger partial charge in [0.2, 0.25) is 5.96 Å². The van der Waals surface area contributed by atoms with Gasteiger partial charge in [0.1, 0.15) is 5.69 Å². The Kier molecular flexibility index (Phi) is 3.69. The topological polar surface area (TPSA) is 130 Å². The first-order valence-corrected chi connectivity index (χ1v) is 6.18. The number of nitrogens with one attached hydrogen (secondary N) is 2. The Hall–Kier alpha value is -1.32. The highest BCUT2D eigenvalue weighted by atomic mass is 35.5. The molecule has 3 atom stereocenters. The highest BCUT2D eigenvalue weighted by molar-refractivity contribution is 6.00. The van der Waals surface area contributed by atoms with Crippen LogP contribution in [0.25, 0.3) is 0 Å². The van der Waals surface area contributed by atoms with Gasteiger partial charge in [0, 0.05) is 12.6 Å². The summed E-state index contributed by atoms with van der Waals surface area (Å²) < 4.78 is 0. The van der Waals surface area contributed by atoms with E-state index in [9.17, 15) is 15.3 Å². The van der Waals surface area contributed by atoms with Crippen LogP contribution in [0, 0.1) is 0 Å². The highest BCUT2D eigenvalue weighted by Crippen LogP contribution is 2.42. The monoisotopic (exact) mass is 303 g/mol. The van der Waals surface area contributed by atoms with Crippen molar-refractivity contribution in [2.45, 2.75) is 37.8 Å². The van der Waals surface area contributed by atoms with Crippen LogP contribution >= 0.6 is 12.4 Å². The Labute approximate surface area is 121 Å². The molecule has 9 heteroatoms. The fourth-order valence-electron chi connectivity index (χ4n) is 2.50. The van der Waals surface area contributed by atoms with Gasteiger partial charge in [-0.1, -0.05) is 6.92 Å². The molecular weight excluding hydrogens is 286 g/mol. The van der Waals surface area contributed by atoms with E-state index >= 15 is 0 Å². The number of hydrazine groups is 1. The molecule has 0 spiro atoms. The van der Waals surface area contributed by atoms with Crippen molar-refractivity contribution in [3.8, 4) is 0 Å². The maximum absolute atomic E-state index is 10.2. The van der Waals surface area contributed by atoms with Crippen LogP contribution in [0.3, 0.4) is 0 Å². The number of anilines is 1. The molecule has 112 valence electrons. The standard InChI is InChI=1S/C11H17N5O3.ClH/c1-2-6(17)7(18)3-5-4-13-9-8(5)16-10(12)14-11(9,19)15-16;/h4,6-7,13,15,17-19H,2-3H2,1H3,(H2,12,14);1H/t6-,7+,11?;/m1./s1. The Morgan fingerprint density at radius 3 is 2.80 bits per heavy atom. The van der Waals surface area contributed by atoms with Crippen LogP contribution in [-0.4, -0.2) is 38.5 Å². The lowest BCUT2D eigenvalue weighted by atomic mass is 10.0. The number of aliphatic hydroxyl groups excluding tert-OH is 2. The van der Waals surface area contributed by atoms with E-state index in [0.29, 0.717) is 17.8 Å². The lowest BCUT2D eigenvalue weighted by Crippen LogP contribution is -2.42. The number of aliphatic hydroxyl groups is 3. The third-order valence-electron chi connectivity index (χ3n) is 3.57. The van der Waals surface area contributed by atoms with E-state index in [0.717, 1.165) is 5.56 Å². The first-order chi connectivity index (χ1) is 8.96. The van der Waals surface area contributed by atoms with E-state index in [-0.39, 0.29) is 24.8 Å². The normalized spacial score (nSPS) is 26.0. The summed E-state index contributed by atoms with van der Waals surface area (Å²) >= 11 is 0. The molecule has 3 heterocycles. The second-order valence-electron chi connectivity index (χ2n) is 4.87. The Morgan fingerprint density at radius 1 is 1.45 bits per heavy atom. The Balaban J connectivity index is 0.00000147. The molecule has 8 nitrogen and oxygen atoms in total. The maximum atomic E-state index is 10.2. The fourth-order valence-corrected chi connectivity index (χ4v) is 2.50. The minimum absolute atomic E-state index is 0. The van der Waals surface area contributed by atoms with Crippen LogP contribution in [0.1, 0.15) is 24.6 Å². The van der Waals surface area contributed by atoms with Crippen LogP contribution in [0.4, 0.5) is 5.69 Å². The molecule has 2 aliphatic heterocycles. The van der Waals surface area contributed by atoms with Gasteiger partial charge in [0.15, 0.2) is 0 Å². The highest BCUT2D eigenvalue weighted by Gasteiger charge is 2.50. The lowest BCUT2D eigenvalue weighted by molar-refractivity contribution is 0.0182. The summed E-state index contributed by atoms with van der Waals surface area (Å²) in [6, 6.07) is 0. The van der Waals surface area contributed by atoms with Crippen molar-refractivity contribution >= 4 is 24.1 Å². The van der Waals surface area contributed by atoms with Crippen LogP contribution in [0.2, 0.25) is 0 Å². The van der Waals surface area contributed by atoms with Gasteiger partial charge in [-0.25, -0.2) is 5.01 Å². The minimum atomic E-state index is -1.55. The lowest BCUT2D eigenvalue weighted by Gasteiger charge is -2.19. The molecule has 0 aromatic carbocycles. The second-order valence-corrected chi connectivity index (χ2v) is 4.87. The number of aromatic nitrogens is 1. The molecule has 0 saturated heterocycles. The largest absolute Gasteiger partial charge is 0.390 e. The molecule has 0 fully saturated rings. The van der Waals surface area contributed by atoms with Crippen molar-refractivity contribution in [2.24, 2.45) is 10.7 Å². The van der Waals surface area contributed by atoms with Crippen molar-refractivity contribution in [1.82, 2.24) is 10.4 Å². The van der Waals surface area contributed by atoms with Crippen LogP contribution < -0.4 is 16.2 Å². The number of hydrogen-bond acceptors (Lipinski definition) is 7. The molecule has 0 saturated carbocycles. The fraction of sp³-hybridized carbons (Fsp3) is 0.545. The number of aliphatic imine (C=N–C) groups is 1. The van der Waals surface area contributed by atoms with Crippen LogP contribution in [-0.2, 0) is 12.3 Å².